The number of aromatic nitrogens is 2. The molecule has 1 aromatic carbocycles. The van der Waals surface area contributed by atoms with Gasteiger partial charge >= 0.3 is 12.1 Å². The number of hydrogen-bond acceptors (Lipinski definition) is 9. The number of halogens is 4. The third-order valence-electron chi connectivity index (χ3n) is 4.31. The smallest absolute Gasteiger partial charge is 0.490 e. The third kappa shape index (κ3) is 6.61. The predicted molar refractivity (Wildman–Crippen MR) is 125 cm³/mol. The number of carbonyl (C=O) groups is 2. The molecule has 0 aliphatic heterocycles. The first-order valence-corrected chi connectivity index (χ1v) is 12.3. The molecule has 0 spiro atoms. The third-order valence-corrected chi connectivity index (χ3v) is 7.09. The minimum absolute atomic E-state index is 0.00372. The number of nitrogens with one attached hydrogen (secondary N) is 2. The van der Waals surface area contributed by atoms with E-state index in [9.17, 15) is 31.2 Å². The molecular weight excluding hydrogens is 549 g/mol. The molecule has 16 heteroatoms. The Kier molecular flexibility index (Phi) is 8.05. The second-order valence-electron chi connectivity index (χ2n) is 6.90. The molecular formula is C20H16ClF3N4O6S2. The largest absolute Gasteiger partial charge is 0.497 e. The monoisotopic (exact) mass is 564 g/mol. The summed E-state index contributed by atoms with van der Waals surface area (Å²) >= 11 is 7.02. The minimum atomic E-state index is -5.22. The number of carbonyl (C=O) groups excluding carboxylic acids is 2. The van der Waals surface area contributed by atoms with E-state index in [1.165, 1.54) is 37.6 Å². The molecule has 2 aromatic heterocycles. The van der Waals surface area contributed by atoms with Crippen LogP contribution in [0.25, 0.3) is 10.4 Å². The molecule has 0 atom stereocenters. The maximum atomic E-state index is 12.8. The Bertz CT molecular complexity index is 1410. The second kappa shape index (κ2) is 10.7. The maximum absolute atomic E-state index is 12.8. The number of anilines is 2. The molecule has 2 heterocycles. The molecule has 0 aliphatic rings. The van der Waals surface area contributed by atoms with Crippen molar-refractivity contribution < 1.29 is 40.7 Å². The van der Waals surface area contributed by atoms with E-state index < -0.39 is 34.7 Å². The summed E-state index contributed by atoms with van der Waals surface area (Å²) in [5.41, 5.74) is 0.754. The lowest BCUT2D eigenvalue weighted by Gasteiger charge is -2.11. The lowest BCUT2D eigenvalue weighted by molar-refractivity contribution is -0.199. The summed E-state index contributed by atoms with van der Waals surface area (Å²) in [5.74, 6) is -3.20. The Morgan fingerprint density at radius 2 is 1.94 bits per heavy atom. The molecule has 3 aromatic rings. The van der Waals surface area contributed by atoms with Crippen molar-refractivity contribution in [3.63, 3.8) is 0 Å². The van der Waals surface area contributed by atoms with Gasteiger partial charge in [-0.05, 0) is 25.1 Å². The van der Waals surface area contributed by atoms with Crippen molar-refractivity contribution in [2.75, 3.05) is 23.8 Å². The zero-order valence-corrected chi connectivity index (χ0v) is 20.7. The van der Waals surface area contributed by atoms with Crippen molar-refractivity contribution in [1.29, 1.82) is 0 Å². The summed E-state index contributed by atoms with van der Waals surface area (Å²) in [4.78, 5) is 31.0. The van der Waals surface area contributed by atoms with Crippen LogP contribution in [0.2, 0.25) is 5.15 Å². The summed E-state index contributed by atoms with van der Waals surface area (Å²) in [6, 6.07) is 7.18. The average molecular weight is 565 g/mol. The lowest BCUT2D eigenvalue weighted by atomic mass is 10.2. The highest BCUT2D eigenvalue weighted by atomic mass is 35.5. The Morgan fingerprint density at radius 1 is 1.22 bits per heavy atom. The maximum Gasteiger partial charge on any atom is 0.490 e. The number of esters is 1. The van der Waals surface area contributed by atoms with Crippen LogP contribution < -0.4 is 14.8 Å². The molecule has 36 heavy (non-hydrogen) atoms. The van der Waals surface area contributed by atoms with Gasteiger partial charge in [0.15, 0.2) is 16.9 Å². The van der Waals surface area contributed by atoms with Crippen molar-refractivity contribution in [1.82, 2.24) is 9.97 Å². The van der Waals surface area contributed by atoms with Gasteiger partial charge in [-0.2, -0.15) is 13.2 Å². The number of pyridine rings is 1. The SMILES string of the molecule is COc1cccc(S(=O)(=O)Nc2cc(-c3sc(NC(=O)COC(=O)C(F)(F)F)nc3C)cnc2Cl)c1. The van der Waals surface area contributed by atoms with Crippen LogP contribution in [0.5, 0.6) is 5.75 Å². The molecule has 0 unspecified atom stereocenters. The zero-order valence-electron chi connectivity index (χ0n) is 18.3. The van der Waals surface area contributed by atoms with Crippen LogP contribution >= 0.6 is 22.9 Å². The van der Waals surface area contributed by atoms with Crippen molar-refractivity contribution in [2.45, 2.75) is 18.0 Å². The van der Waals surface area contributed by atoms with Gasteiger partial charge in [0.1, 0.15) is 5.75 Å². The van der Waals surface area contributed by atoms with Crippen molar-refractivity contribution in [3.05, 3.63) is 47.4 Å². The normalized spacial score (nSPS) is 11.6. The van der Waals surface area contributed by atoms with E-state index in [0.717, 1.165) is 11.3 Å². The van der Waals surface area contributed by atoms with Gasteiger partial charge in [0.25, 0.3) is 15.9 Å². The Labute approximate surface area is 211 Å². The number of benzene rings is 1. The Balaban J connectivity index is 1.79. The van der Waals surface area contributed by atoms with Crippen LogP contribution in [0.3, 0.4) is 0 Å². The average Bonchev–Trinajstić information content (AvgIpc) is 3.17. The van der Waals surface area contributed by atoms with E-state index >= 15 is 0 Å². The van der Waals surface area contributed by atoms with Gasteiger partial charge in [-0.3, -0.25) is 14.8 Å². The number of nitrogens with zero attached hydrogens (tertiary/aromatic N) is 2. The molecule has 3 rings (SSSR count). The number of alkyl halides is 3. The van der Waals surface area contributed by atoms with Crippen LogP contribution in [-0.2, 0) is 24.3 Å². The molecule has 0 saturated heterocycles. The molecule has 10 nitrogen and oxygen atoms in total. The summed E-state index contributed by atoms with van der Waals surface area (Å²) in [7, 11) is -2.66. The first kappa shape index (κ1) is 27.2. The standard InChI is InChI=1S/C20H16ClF3N4O6S2/c1-10-16(35-19(26-10)27-15(29)9-34-18(30)20(22,23)24)11-6-14(17(21)25-8-11)28-36(31,32)13-5-3-4-12(7-13)33-2/h3-8,28H,9H2,1-2H3,(H,26,27,29). The molecule has 192 valence electrons. The van der Waals surface area contributed by atoms with Crippen LogP contribution in [0.15, 0.2) is 41.4 Å². The highest BCUT2D eigenvalue weighted by Gasteiger charge is 2.41. The van der Waals surface area contributed by atoms with Crippen molar-refractivity contribution in [2.24, 2.45) is 0 Å². The number of sulfonamides is 1. The van der Waals surface area contributed by atoms with Gasteiger partial charge in [-0.1, -0.05) is 29.0 Å². The lowest BCUT2D eigenvalue weighted by Crippen LogP contribution is -2.29. The van der Waals surface area contributed by atoms with E-state index in [4.69, 9.17) is 16.3 Å². The Morgan fingerprint density at radius 3 is 2.61 bits per heavy atom. The van der Waals surface area contributed by atoms with Crippen LogP contribution in [-0.4, -0.2) is 50.2 Å². The number of methoxy groups -OCH3 is 1. The van der Waals surface area contributed by atoms with E-state index in [0.29, 0.717) is 21.9 Å². The van der Waals surface area contributed by atoms with Crippen molar-refractivity contribution in [3.8, 4) is 16.2 Å². The summed E-state index contributed by atoms with van der Waals surface area (Å²) in [6.45, 7) is 0.421. The molecule has 0 radical (unpaired) electrons. The van der Waals surface area contributed by atoms with Crippen LogP contribution in [0.1, 0.15) is 5.69 Å². The number of aryl methyl sites for hydroxylation is 1. The summed E-state index contributed by atoms with van der Waals surface area (Å²) in [5, 5.41) is 2.10. The van der Waals surface area contributed by atoms with E-state index in [2.05, 4.69) is 24.7 Å². The van der Waals surface area contributed by atoms with Crippen LogP contribution in [0, 0.1) is 6.92 Å². The summed E-state index contributed by atoms with van der Waals surface area (Å²) in [6.07, 6.45) is -3.87. The van der Waals surface area contributed by atoms with Crippen LogP contribution in [0.4, 0.5) is 24.0 Å². The molecule has 0 bridgehead atoms. The van der Waals surface area contributed by atoms with E-state index in [-0.39, 0.29) is 20.9 Å². The van der Waals surface area contributed by atoms with E-state index in [1.54, 1.807) is 13.0 Å². The molecule has 2 N–H and O–H groups in total. The first-order chi connectivity index (χ1) is 16.8. The van der Waals surface area contributed by atoms with Gasteiger partial charge in [0.2, 0.25) is 0 Å². The fourth-order valence-corrected chi connectivity index (χ4v) is 4.96. The minimum Gasteiger partial charge on any atom is -0.497 e. The van der Waals surface area contributed by atoms with Gasteiger partial charge in [0.05, 0.1) is 28.3 Å². The molecule has 1 amide bonds. The zero-order chi connectivity index (χ0) is 26.7. The number of hydrogen-bond donors (Lipinski definition) is 2. The second-order valence-corrected chi connectivity index (χ2v) is 9.94. The fraction of sp³-hybridized carbons (Fsp3) is 0.200. The summed E-state index contributed by atoms with van der Waals surface area (Å²) < 4.78 is 73.5. The van der Waals surface area contributed by atoms with Gasteiger partial charge in [-0.25, -0.2) is 23.2 Å². The number of thiazole rings is 1. The first-order valence-electron chi connectivity index (χ1n) is 9.64. The molecule has 0 fully saturated rings. The van der Waals surface area contributed by atoms with Gasteiger partial charge < -0.3 is 9.47 Å². The number of amides is 1. The predicted octanol–water partition coefficient (Wildman–Crippen LogP) is 4.02. The molecule has 0 aliphatic carbocycles. The van der Waals surface area contributed by atoms with Gasteiger partial charge in [0, 0.05) is 17.8 Å². The number of rotatable bonds is 8. The topological polar surface area (TPSA) is 137 Å². The van der Waals surface area contributed by atoms with Gasteiger partial charge in [-0.15, -0.1) is 0 Å². The quantitative estimate of drug-likeness (QED) is 0.309. The van der Waals surface area contributed by atoms with Crippen molar-refractivity contribution >= 4 is 55.7 Å². The highest BCUT2D eigenvalue weighted by molar-refractivity contribution is 7.92. The Hall–Kier alpha value is -3.43. The highest BCUT2D eigenvalue weighted by Crippen LogP contribution is 2.35. The molecule has 0 saturated carbocycles. The van der Waals surface area contributed by atoms with E-state index in [1.807, 2.05) is 0 Å². The number of ether oxygens (including phenoxy) is 2. The fourth-order valence-electron chi connectivity index (χ4n) is 2.70.